The largest absolute Gasteiger partial charge is 0.492 e. The Balaban J connectivity index is 2.86. The Morgan fingerprint density at radius 2 is 1.84 bits per heavy atom. The Hall–Kier alpha value is -0.320. The van der Waals surface area contributed by atoms with Crippen LogP contribution in [0.1, 0.15) is 30.7 Å². The second kappa shape index (κ2) is 6.91. The minimum Gasteiger partial charge on any atom is -0.492 e. The van der Waals surface area contributed by atoms with E-state index in [1.807, 2.05) is 0 Å². The van der Waals surface area contributed by atoms with E-state index in [1.54, 1.807) is 6.92 Å². The van der Waals surface area contributed by atoms with E-state index in [9.17, 15) is 13.2 Å². The van der Waals surface area contributed by atoms with Crippen molar-refractivity contribution in [3.8, 4) is 5.75 Å². The minimum atomic E-state index is -4.24. The van der Waals surface area contributed by atoms with Gasteiger partial charge in [-0.3, -0.25) is 0 Å². The summed E-state index contributed by atoms with van der Waals surface area (Å²) in [5.74, 6) is 0.387. The molecular weight excluding hydrogens is 323 g/mol. The third-order valence-electron chi connectivity index (χ3n) is 2.37. The van der Waals surface area contributed by atoms with E-state index < -0.39 is 18.0 Å². The van der Waals surface area contributed by atoms with Gasteiger partial charge in [0.25, 0.3) is 0 Å². The Labute approximate surface area is 124 Å². The third kappa shape index (κ3) is 5.28. The highest BCUT2D eigenvalue weighted by Crippen LogP contribution is 2.39. The number of hydrogen-bond acceptors (Lipinski definition) is 1. The lowest BCUT2D eigenvalue weighted by molar-refractivity contribution is -0.135. The molecule has 1 aromatic rings. The average molecular weight is 336 g/mol. The highest BCUT2D eigenvalue weighted by atomic mass is 35.5. The van der Waals surface area contributed by atoms with Crippen molar-refractivity contribution in [1.29, 1.82) is 0 Å². The van der Waals surface area contributed by atoms with Gasteiger partial charge in [-0.25, -0.2) is 0 Å². The number of rotatable bonds is 5. The second-order valence-corrected chi connectivity index (χ2v) is 5.20. The summed E-state index contributed by atoms with van der Waals surface area (Å²) < 4.78 is 41.6. The summed E-state index contributed by atoms with van der Waals surface area (Å²) in [6.45, 7) is 2.19. The number of benzene rings is 1. The molecule has 0 amide bonds. The van der Waals surface area contributed by atoms with Gasteiger partial charge in [-0.15, -0.1) is 11.6 Å². The molecule has 1 atom stereocenters. The molecule has 1 nitrogen and oxygen atoms in total. The molecule has 0 heterocycles. The lowest BCUT2D eigenvalue weighted by Crippen LogP contribution is -2.08. The van der Waals surface area contributed by atoms with Gasteiger partial charge >= 0.3 is 6.18 Å². The van der Waals surface area contributed by atoms with Gasteiger partial charge in [-0.1, -0.05) is 23.2 Å². The minimum absolute atomic E-state index is 0.245. The maximum atomic E-state index is 12.1. The van der Waals surface area contributed by atoms with Crippen LogP contribution in [0.2, 0.25) is 10.0 Å². The Morgan fingerprint density at radius 3 is 2.37 bits per heavy atom. The van der Waals surface area contributed by atoms with Crippen LogP contribution in [0.4, 0.5) is 13.2 Å². The molecule has 19 heavy (non-hydrogen) atoms. The van der Waals surface area contributed by atoms with Gasteiger partial charge < -0.3 is 4.74 Å². The molecule has 0 bridgehead atoms. The van der Waals surface area contributed by atoms with Crippen LogP contribution in [-0.4, -0.2) is 12.8 Å². The summed E-state index contributed by atoms with van der Waals surface area (Å²) in [6.07, 6.45) is -5.47. The predicted octanol–water partition coefficient (Wildman–Crippen LogP) is 6.01. The van der Waals surface area contributed by atoms with Gasteiger partial charge in [0.2, 0.25) is 0 Å². The Bertz CT molecular complexity index is 435. The molecule has 7 heteroatoms. The molecule has 1 rings (SSSR count). The van der Waals surface area contributed by atoms with Crippen LogP contribution in [0.25, 0.3) is 0 Å². The van der Waals surface area contributed by atoms with Gasteiger partial charge in [0.1, 0.15) is 5.75 Å². The summed E-state index contributed by atoms with van der Waals surface area (Å²) in [5.41, 5.74) is 0.376. The lowest BCUT2D eigenvalue weighted by Gasteiger charge is -2.15. The first-order valence-electron chi connectivity index (χ1n) is 5.57. The van der Waals surface area contributed by atoms with E-state index in [0.29, 0.717) is 17.9 Å². The van der Waals surface area contributed by atoms with Crippen molar-refractivity contribution < 1.29 is 17.9 Å². The van der Waals surface area contributed by atoms with E-state index in [1.165, 1.54) is 12.1 Å². The molecular formula is C12H12Cl3F3O. The maximum absolute atomic E-state index is 12.1. The average Bonchev–Trinajstić information content (AvgIpc) is 2.30. The van der Waals surface area contributed by atoms with Crippen molar-refractivity contribution in [2.75, 3.05) is 6.61 Å². The fraction of sp³-hybridized carbons (Fsp3) is 0.500. The van der Waals surface area contributed by atoms with E-state index >= 15 is 0 Å². The Morgan fingerprint density at radius 1 is 1.21 bits per heavy atom. The molecule has 1 unspecified atom stereocenters. The van der Waals surface area contributed by atoms with Crippen molar-refractivity contribution >= 4 is 34.8 Å². The molecule has 0 spiro atoms. The normalized spacial score (nSPS) is 13.4. The SMILES string of the molecule is CCOc1cc(Cl)c(C(Cl)CCC(F)(F)F)cc1Cl. The van der Waals surface area contributed by atoms with Crippen LogP contribution in [0.5, 0.6) is 5.75 Å². The molecule has 0 aliphatic rings. The molecule has 0 radical (unpaired) electrons. The van der Waals surface area contributed by atoms with Crippen LogP contribution >= 0.6 is 34.8 Å². The highest BCUT2D eigenvalue weighted by Gasteiger charge is 2.29. The standard InChI is InChI=1S/C12H12Cl3F3O/c1-2-19-11-6-9(14)7(5-10(11)15)8(13)3-4-12(16,17)18/h5-6,8H,2-4H2,1H3. The van der Waals surface area contributed by atoms with Gasteiger partial charge in [-0.2, -0.15) is 13.2 Å². The summed E-state index contributed by atoms with van der Waals surface area (Å²) in [5, 5.41) is -0.323. The molecule has 0 aliphatic carbocycles. The van der Waals surface area contributed by atoms with Gasteiger partial charge in [0.15, 0.2) is 0 Å². The molecule has 0 aromatic heterocycles. The van der Waals surface area contributed by atoms with Crippen molar-refractivity contribution in [2.24, 2.45) is 0 Å². The van der Waals surface area contributed by atoms with Gasteiger partial charge in [0.05, 0.1) is 17.0 Å². The van der Waals surface area contributed by atoms with E-state index in [2.05, 4.69) is 0 Å². The zero-order chi connectivity index (χ0) is 14.6. The van der Waals surface area contributed by atoms with Crippen LogP contribution in [-0.2, 0) is 0 Å². The van der Waals surface area contributed by atoms with Crippen molar-refractivity contribution in [3.63, 3.8) is 0 Å². The maximum Gasteiger partial charge on any atom is 0.389 e. The molecule has 0 aliphatic heterocycles. The number of hydrogen-bond donors (Lipinski definition) is 0. The Kier molecular flexibility index (Phi) is 6.09. The lowest BCUT2D eigenvalue weighted by atomic mass is 10.1. The molecule has 0 N–H and O–H groups in total. The van der Waals surface area contributed by atoms with E-state index in [4.69, 9.17) is 39.5 Å². The molecule has 0 fully saturated rings. The van der Waals surface area contributed by atoms with E-state index in [-0.39, 0.29) is 16.5 Å². The summed E-state index contributed by atoms with van der Waals surface area (Å²) >= 11 is 17.9. The van der Waals surface area contributed by atoms with Gasteiger partial charge in [-0.05, 0) is 25.0 Å². The molecule has 108 valence electrons. The fourth-order valence-corrected chi connectivity index (χ4v) is 2.35. The van der Waals surface area contributed by atoms with Crippen LogP contribution < -0.4 is 4.74 Å². The predicted molar refractivity (Wildman–Crippen MR) is 71.5 cm³/mol. The monoisotopic (exact) mass is 334 g/mol. The van der Waals surface area contributed by atoms with Crippen molar-refractivity contribution in [1.82, 2.24) is 0 Å². The number of ether oxygens (including phenoxy) is 1. The number of alkyl halides is 4. The zero-order valence-corrected chi connectivity index (χ0v) is 12.3. The molecule has 1 aromatic carbocycles. The summed E-state index contributed by atoms with van der Waals surface area (Å²) in [4.78, 5) is 0. The highest BCUT2D eigenvalue weighted by molar-refractivity contribution is 6.35. The first-order chi connectivity index (χ1) is 8.74. The number of halogens is 6. The smallest absolute Gasteiger partial charge is 0.389 e. The fourth-order valence-electron chi connectivity index (χ4n) is 1.50. The van der Waals surface area contributed by atoms with Crippen molar-refractivity contribution in [3.05, 3.63) is 27.7 Å². The van der Waals surface area contributed by atoms with Crippen LogP contribution in [0.3, 0.4) is 0 Å². The first-order valence-corrected chi connectivity index (χ1v) is 6.76. The van der Waals surface area contributed by atoms with Crippen LogP contribution in [0, 0.1) is 0 Å². The first kappa shape index (κ1) is 16.7. The quantitative estimate of drug-likeness (QED) is 0.598. The summed E-state index contributed by atoms with van der Waals surface area (Å²) in [7, 11) is 0. The zero-order valence-electron chi connectivity index (χ0n) is 10.0. The molecule has 0 saturated carbocycles. The van der Waals surface area contributed by atoms with Gasteiger partial charge in [0, 0.05) is 17.5 Å². The second-order valence-electron chi connectivity index (χ2n) is 3.86. The third-order valence-corrected chi connectivity index (χ3v) is 3.45. The van der Waals surface area contributed by atoms with Crippen LogP contribution in [0.15, 0.2) is 12.1 Å². The van der Waals surface area contributed by atoms with E-state index in [0.717, 1.165) is 0 Å². The topological polar surface area (TPSA) is 9.23 Å². The summed E-state index contributed by atoms with van der Waals surface area (Å²) in [6, 6.07) is 2.91. The van der Waals surface area contributed by atoms with Crippen molar-refractivity contribution in [2.45, 2.75) is 31.3 Å². The molecule has 0 saturated heterocycles.